The van der Waals surface area contributed by atoms with E-state index < -0.39 is 0 Å². The van der Waals surface area contributed by atoms with Crippen molar-refractivity contribution in [3.63, 3.8) is 0 Å². The molecule has 2 aromatic rings. The molecule has 0 saturated heterocycles. The predicted molar refractivity (Wildman–Crippen MR) is 78.5 cm³/mol. The van der Waals surface area contributed by atoms with Crippen LogP contribution in [0.3, 0.4) is 0 Å². The first-order valence-corrected chi connectivity index (χ1v) is 7.37. The molecule has 0 spiro atoms. The van der Waals surface area contributed by atoms with Crippen molar-refractivity contribution in [3.05, 3.63) is 34.2 Å². The molecular formula is C14H19N3OS. The summed E-state index contributed by atoms with van der Waals surface area (Å²) in [5.74, 6) is 0.674. The summed E-state index contributed by atoms with van der Waals surface area (Å²) in [6.45, 7) is 4.93. The highest BCUT2D eigenvalue weighted by atomic mass is 32.1. The van der Waals surface area contributed by atoms with E-state index in [9.17, 15) is 4.79 Å². The zero-order valence-electron chi connectivity index (χ0n) is 11.3. The molecule has 0 unspecified atom stereocenters. The molecule has 0 saturated carbocycles. The van der Waals surface area contributed by atoms with Gasteiger partial charge in [-0.05, 0) is 38.8 Å². The smallest absolute Gasteiger partial charge is 0.225 e. The third-order valence-corrected chi connectivity index (χ3v) is 3.92. The largest absolute Gasteiger partial charge is 0.309 e. The van der Waals surface area contributed by atoms with Crippen LogP contribution in [-0.4, -0.2) is 15.7 Å². The van der Waals surface area contributed by atoms with Gasteiger partial charge in [0, 0.05) is 35.0 Å². The molecule has 2 rings (SSSR count). The van der Waals surface area contributed by atoms with E-state index in [2.05, 4.69) is 29.5 Å². The van der Waals surface area contributed by atoms with Crippen LogP contribution in [0, 0.1) is 6.92 Å². The van der Waals surface area contributed by atoms with Crippen LogP contribution in [0.1, 0.15) is 29.5 Å². The van der Waals surface area contributed by atoms with Crippen molar-refractivity contribution in [2.75, 3.05) is 5.32 Å². The third kappa shape index (κ3) is 4.21. The van der Waals surface area contributed by atoms with Gasteiger partial charge >= 0.3 is 0 Å². The van der Waals surface area contributed by atoms with Crippen molar-refractivity contribution in [2.45, 2.75) is 39.7 Å². The Hall–Kier alpha value is -1.62. The molecule has 0 fully saturated rings. The molecule has 2 aromatic heterocycles. The quantitative estimate of drug-likeness (QED) is 0.881. The average molecular weight is 277 g/mol. The van der Waals surface area contributed by atoms with E-state index in [1.54, 1.807) is 16.0 Å². The molecule has 0 aromatic carbocycles. The van der Waals surface area contributed by atoms with Crippen molar-refractivity contribution in [2.24, 2.45) is 0 Å². The third-order valence-electron chi connectivity index (χ3n) is 2.86. The first-order chi connectivity index (χ1) is 9.17. The van der Waals surface area contributed by atoms with Crippen molar-refractivity contribution >= 4 is 23.1 Å². The van der Waals surface area contributed by atoms with Crippen LogP contribution >= 0.6 is 11.3 Å². The topological polar surface area (TPSA) is 46.9 Å². The minimum Gasteiger partial charge on any atom is -0.309 e. The van der Waals surface area contributed by atoms with Crippen LogP contribution in [0.5, 0.6) is 0 Å². The van der Waals surface area contributed by atoms with Crippen LogP contribution in [-0.2, 0) is 17.8 Å². The number of rotatable bonds is 6. The van der Waals surface area contributed by atoms with Crippen LogP contribution in [0.15, 0.2) is 24.4 Å². The second kappa shape index (κ2) is 6.52. The zero-order chi connectivity index (χ0) is 13.7. The lowest BCUT2D eigenvalue weighted by molar-refractivity contribution is -0.116. The Morgan fingerprint density at radius 1 is 1.42 bits per heavy atom. The molecule has 0 atom stereocenters. The summed E-state index contributed by atoms with van der Waals surface area (Å²) < 4.78 is 1.80. The minimum atomic E-state index is 0.0367. The van der Waals surface area contributed by atoms with Gasteiger partial charge in [0.15, 0.2) is 5.82 Å². The highest BCUT2D eigenvalue weighted by molar-refractivity contribution is 7.11. The van der Waals surface area contributed by atoms with Gasteiger partial charge < -0.3 is 5.32 Å². The van der Waals surface area contributed by atoms with Gasteiger partial charge in [0.05, 0.1) is 0 Å². The van der Waals surface area contributed by atoms with Crippen LogP contribution < -0.4 is 5.32 Å². The number of aryl methyl sites for hydroxylation is 3. The lowest BCUT2D eigenvalue weighted by Gasteiger charge is -2.01. The van der Waals surface area contributed by atoms with Gasteiger partial charge in [0.1, 0.15) is 0 Å². The van der Waals surface area contributed by atoms with Crippen LogP contribution in [0.25, 0.3) is 0 Å². The van der Waals surface area contributed by atoms with Crippen molar-refractivity contribution < 1.29 is 4.79 Å². The van der Waals surface area contributed by atoms with Gasteiger partial charge in [-0.1, -0.05) is 0 Å². The Morgan fingerprint density at radius 2 is 2.26 bits per heavy atom. The standard InChI is InChI=1S/C14H19N3OS/c1-3-17-10-9-13(16-17)15-14(18)6-4-5-12-8-7-11(2)19-12/h7-10H,3-6H2,1-2H3,(H,15,16,18). The molecule has 4 nitrogen and oxygen atoms in total. The fourth-order valence-corrected chi connectivity index (χ4v) is 2.78. The summed E-state index contributed by atoms with van der Waals surface area (Å²) in [5, 5.41) is 7.05. The maximum absolute atomic E-state index is 11.7. The van der Waals surface area contributed by atoms with Gasteiger partial charge in [-0.3, -0.25) is 9.48 Å². The van der Waals surface area contributed by atoms with Gasteiger partial charge in [0.25, 0.3) is 0 Å². The number of carbonyl (C=O) groups excluding carboxylic acids is 1. The molecule has 5 heteroatoms. The number of nitrogens with zero attached hydrogens (tertiary/aromatic N) is 2. The van der Waals surface area contributed by atoms with Crippen LogP contribution in [0.4, 0.5) is 5.82 Å². The number of aromatic nitrogens is 2. The highest BCUT2D eigenvalue weighted by Crippen LogP contribution is 2.17. The number of anilines is 1. The molecule has 0 aliphatic carbocycles. The number of thiophene rings is 1. The van der Waals surface area contributed by atoms with E-state index in [1.165, 1.54) is 9.75 Å². The Bertz CT molecular complexity index is 544. The normalized spacial score (nSPS) is 10.6. The summed E-state index contributed by atoms with van der Waals surface area (Å²) in [6, 6.07) is 6.09. The monoisotopic (exact) mass is 277 g/mol. The van der Waals surface area contributed by atoms with Gasteiger partial charge in [-0.15, -0.1) is 11.3 Å². The maximum atomic E-state index is 11.7. The second-order valence-corrected chi connectivity index (χ2v) is 5.84. The Balaban J connectivity index is 1.72. The average Bonchev–Trinajstić information content (AvgIpc) is 2.98. The minimum absolute atomic E-state index is 0.0367. The molecule has 0 radical (unpaired) electrons. The molecule has 1 amide bonds. The summed E-state index contributed by atoms with van der Waals surface area (Å²) in [5.41, 5.74) is 0. The van der Waals surface area contributed by atoms with E-state index in [0.717, 1.165) is 19.4 Å². The number of hydrogen-bond donors (Lipinski definition) is 1. The maximum Gasteiger partial charge on any atom is 0.225 e. The Labute approximate surface area is 117 Å². The summed E-state index contributed by atoms with van der Waals surface area (Å²) in [7, 11) is 0. The summed E-state index contributed by atoms with van der Waals surface area (Å²) >= 11 is 1.80. The van der Waals surface area contributed by atoms with Gasteiger partial charge in [0.2, 0.25) is 5.91 Å². The summed E-state index contributed by atoms with van der Waals surface area (Å²) in [4.78, 5) is 14.4. The lowest BCUT2D eigenvalue weighted by Crippen LogP contribution is -2.12. The fraction of sp³-hybridized carbons (Fsp3) is 0.429. The molecule has 2 heterocycles. The first-order valence-electron chi connectivity index (χ1n) is 6.56. The van der Waals surface area contributed by atoms with Gasteiger partial charge in [-0.25, -0.2) is 0 Å². The van der Waals surface area contributed by atoms with E-state index in [1.807, 2.05) is 19.2 Å². The van der Waals surface area contributed by atoms with E-state index in [0.29, 0.717) is 12.2 Å². The molecule has 19 heavy (non-hydrogen) atoms. The van der Waals surface area contributed by atoms with E-state index >= 15 is 0 Å². The molecule has 0 aliphatic heterocycles. The van der Waals surface area contributed by atoms with Crippen LogP contribution in [0.2, 0.25) is 0 Å². The SMILES string of the molecule is CCn1ccc(NC(=O)CCCc2ccc(C)s2)n1. The molecular weight excluding hydrogens is 258 g/mol. The van der Waals surface area contributed by atoms with Gasteiger partial charge in [-0.2, -0.15) is 5.10 Å². The molecule has 0 bridgehead atoms. The number of nitrogens with one attached hydrogen (secondary N) is 1. The van der Waals surface area contributed by atoms with Crippen molar-refractivity contribution in [3.8, 4) is 0 Å². The Kier molecular flexibility index (Phi) is 4.74. The lowest BCUT2D eigenvalue weighted by atomic mass is 10.2. The Morgan fingerprint density at radius 3 is 2.89 bits per heavy atom. The number of hydrogen-bond acceptors (Lipinski definition) is 3. The summed E-state index contributed by atoms with van der Waals surface area (Å²) in [6.07, 6.45) is 4.25. The zero-order valence-corrected chi connectivity index (χ0v) is 12.2. The predicted octanol–water partition coefficient (Wildman–Crippen LogP) is 3.23. The highest BCUT2D eigenvalue weighted by Gasteiger charge is 2.05. The number of amides is 1. The molecule has 102 valence electrons. The molecule has 1 N–H and O–H groups in total. The molecule has 0 aliphatic rings. The second-order valence-electron chi connectivity index (χ2n) is 4.47. The van der Waals surface area contributed by atoms with Crippen molar-refractivity contribution in [1.82, 2.24) is 9.78 Å². The number of carbonyl (C=O) groups is 1. The van der Waals surface area contributed by atoms with Crippen molar-refractivity contribution in [1.29, 1.82) is 0 Å². The van der Waals surface area contributed by atoms with E-state index in [-0.39, 0.29) is 5.91 Å². The fourth-order valence-electron chi connectivity index (χ4n) is 1.85. The van der Waals surface area contributed by atoms with E-state index in [4.69, 9.17) is 0 Å². The first kappa shape index (κ1) is 13.8.